The minimum atomic E-state index is -0.105. The van der Waals surface area contributed by atoms with Gasteiger partial charge in [0, 0.05) is 43.2 Å². The summed E-state index contributed by atoms with van der Waals surface area (Å²) in [5.74, 6) is 2.08. The standard InChI is InChI=1S/C27H27N5O3/c1-34-24-16-21-23(17-25(24)35-2)28-18-29-26(21)31-12-14-32(15-13-31)27(33)30-22-11-7-6-10-20(22)19-8-4-3-5-9-19/h3-11,16-18H,12-15H2,1-2H3,(H,30,33). The molecule has 1 aliphatic rings. The van der Waals surface area contributed by atoms with Crippen LogP contribution in [0.5, 0.6) is 11.5 Å². The van der Waals surface area contributed by atoms with Gasteiger partial charge in [0.2, 0.25) is 0 Å². The summed E-state index contributed by atoms with van der Waals surface area (Å²) >= 11 is 0. The van der Waals surface area contributed by atoms with Gasteiger partial charge in [0.15, 0.2) is 11.5 Å². The highest BCUT2D eigenvalue weighted by atomic mass is 16.5. The lowest BCUT2D eigenvalue weighted by Gasteiger charge is -2.35. The fraction of sp³-hybridized carbons (Fsp3) is 0.222. The number of carbonyl (C=O) groups is 1. The Morgan fingerprint density at radius 1 is 0.857 bits per heavy atom. The maximum atomic E-state index is 13.1. The number of aromatic nitrogens is 2. The monoisotopic (exact) mass is 469 g/mol. The number of para-hydroxylation sites is 1. The van der Waals surface area contributed by atoms with E-state index in [1.807, 2.05) is 71.6 Å². The van der Waals surface area contributed by atoms with Crippen molar-refractivity contribution in [1.29, 1.82) is 0 Å². The van der Waals surface area contributed by atoms with E-state index in [2.05, 4.69) is 20.2 Å². The van der Waals surface area contributed by atoms with Crippen molar-refractivity contribution in [1.82, 2.24) is 14.9 Å². The van der Waals surface area contributed by atoms with Crippen molar-refractivity contribution < 1.29 is 14.3 Å². The van der Waals surface area contributed by atoms with Gasteiger partial charge in [-0.3, -0.25) is 0 Å². The molecule has 8 nitrogen and oxygen atoms in total. The van der Waals surface area contributed by atoms with Gasteiger partial charge in [-0.15, -0.1) is 0 Å². The maximum Gasteiger partial charge on any atom is 0.321 e. The quantitative estimate of drug-likeness (QED) is 0.458. The molecule has 2 heterocycles. The first-order chi connectivity index (χ1) is 17.2. The van der Waals surface area contributed by atoms with Crippen molar-refractivity contribution in [2.24, 2.45) is 0 Å². The molecule has 1 N–H and O–H groups in total. The molecule has 0 unspecified atom stereocenters. The third-order valence-corrected chi connectivity index (χ3v) is 6.24. The second-order valence-electron chi connectivity index (χ2n) is 8.24. The predicted octanol–water partition coefficient (Wildman–Crippen LogP) is 4.67. The lowest BCUT2D eigenvalue weighted by atomic mass is 10.0. The molecule has 35 heavy (non-hydrogen) atoms. The SMILES string of the molecule is COc1cc2ncnc(N3CCN(C(=O)Nc4ccccc4-c4ccccc4)CC3)c2cc1OC. The summed E-state index contributed by atoms with van der Waals surface area (Å²) in [6.45, 7) is 2.48. The third-order valence-electron chi connectivity index (χ3n) is 6.24. The van der Waals surface area contributed by atoms with Gasteiger partial charge < -0.3 is 24.6 Å². The predicted molar refractivity (Wildman–Crippen MR) is 137 cm³/mol. The molecular weight excluding hydrogens is 442 g/mol. The molecule has 0 aliphatic carbocycles. The Balaban J connectivity index is 1.30. The Labute approximate surface area is 204 Å². The number of nitrogens with one attached hydrogen (secondary N) is 1. The van der Waals surface area contributed by atoms with Gasteiger partial charge in [0.1, 0.15) is 12.1 Å². The fourth-order valence-electron chi connectivity index (χ4n) is 4.40. The summed E-state index contributed by atoms with van der Waals surface area (Å²) in [6, 6.07) is 21.6. The lowest BCUT2D eigenvalue weighted by Crippen LogP contribution is -2.50. The molecule has 0 spiro atoms. The van der Waals surface area contributed by atoms with E-state index in [0.717, 1.165) is 33.5 Å². The maximum absolute atomic E-state index is 13.1. The summed E-state index contributed by atoms with van der Waals surface area (Å²) in [6.07, 6.45) is 1.56. The molecule has 0 bridgehead atoms. The number of methoxy groups -OCH3 is 2. The number of nitrogens with zero attached hydrogens (tertiary/aromatic N) is 4. The van der Waals surface area contributed by atoms with Crippen LogP contribution in [0.3, 0.4) is 0 Å². The van der Waals surface area contributed by atoms with Crippen molar-refractivity contribution in [2.75, 3.05) is 50.6 Å². The molecule has 0 saturated carbocycles. The Morgan fingerprint density at radius 2 is 1.54 bits per heavy atom. The highest BCUT2D eigenvalue weighted by molar-refractivity contribution is 5.95. The normalized spacial score (nSPS) is 13.5. The van der Waals surface area contributed by atoms with Crippen LogP contribution in [-0.4, -0.2) is 61.3 Å². The van der Waals surface area contributed by atoms with Gasteiger partial charge in [-0.1, -0.05) is 48.5 Å². The summed E-state index contributed by atoms with van der Waals surface area (Å²) in [7, 11) is 3.22. The summed E-state index contributed by atoms with van der Waals surface area (Å²) in [5.41, 5.74) is 3.65. The number of piperazine rings is 1. The van der Waals surface area contributed by atoms with Crippen LogP contribution in [0.25, 0.3) is 22.0 Å². The number of fused-ring (bicyclic) bond motifs is 1. The molecule has 3 aromatic carbocycles. The van der Waals surface area contributed by atoms with E-state index in [4.69, 9.17) is 9.47 Å². The molecular formula is C27H27N5O3. The molecule has 1 aliphatic heterocycles. The first kappa shape index (κ1) is 22.5. The van der Waals surface area contributed by atoms with Crippen LogP contribution >= 0.6 is 0 Å². The van der Waals surface area contributed by atoms with Crippen LogP contribution < -0.4 is 19.7 Å². The minimum absolute atomic E-state index is 0.105. The zero-order valence-electron chi connectivity index (χ0n) is 19.8. The largest absolute Gasteiger partial charge is 0.493 e. The molecule has 5 rings (SSSR count). The average Bonchev–Trinajstić information content (AvgIpc) is 2.92. The number of hydrogen-bond acceptors (Lipinski definition) is 6. The number of benzene rings is 3. The molecule has 1 fully saturated rings. The highest BCUT2D eigenvalue weighted by Crippen LogP contribution is 2.35. The molecule has 0 radical (unpaired) electrons. The zero-order chi connectivity index (χ0) is 24.2. The molecule has 1 saturated heterocycles. The lowest BCUT2D eigenvalue weighted by molar-refractivity contribution is 0.208. The molecule has 2 amide bonds. The number of ether oxygens (including phenoxy) is 2. The Bertz CT molecular complexity index is 1340. The van der Waals surface area contributed by atoms with E-state index >= 15 is 0 Å². The van der Waals surface area contributed by atoms with Crippen LogP contribution in [0.4, 0.5) is 16.3 Å². The number of urea groups is 1. The van der Waals surface area contributed by atoms with Crippen molar-refractivity contribution >= 4 is 28.4 Å². The van der Waals surface area contributed by atoms with Gasteiger partial charge in [-0.25, -0.2) is 14.8 Å². The highest BCUT2D eigenvalue weighted by Gasteiger charge is 2.24. The van der Waals surface area contributed by atoms with E-state index in [1.54, 1.807) is 20.5 Å². The molecule has 0 atom stereocenters. The van der Waals surface area contributed by atoms with Crippen molar-refractivity contribution in [2.45, 2.75) is 0 Å². The van der Waals surface area contributed by atoms with E-state index in [-0.39, 0.29) is 6.03 Å². The Morgan fingerprint density at radius 3 is 2.29 bits per heavy atom. The van der Waals surface area contributed by atoms with Gasteiger partial charge in [0.25, 0.3) is 0 Å². The molecule has 178 valence electrons. The number of amides is 2. The number of carbonyl (C=O) groups excluding carboxylic acids is 1. The molecule has 1 aromatic heterocycles. The third kappa shape index (κ3) is 4.55. The van der Waals surface area contributed by atoms with Crippen LogP contribution in [-0.2, 0) is 0 Å². The number of hydrogen-bond donors (Lipinski definition) is 1. The van der Waals surface area contributed by atoms with E-state index < -0.39 is 0 Å². The van der Waals surface area contributed by atoms with E-state index in [1.165, 1.54) is 0 Å². The second-order valence-corrected chi connectivity index (χ2v) is 8.24. The Kier molecular flexibility index (Phi) is 6.34. The van der Waals surface area contributed by atoms with Gasteiger partial charge in [-0.2, -0.15) is 0 Å². The van der Waals surface area contributed by atoms with Crippen molar-refractivity contribution in [3.8, 4) is 22.6 Å². The zero-order valence-corrected chi connectivity index (χ0v) is 19.8. The van der Waals surface area contributed by atoms with E-state index in [9.17, 15) is 4.79 Å². The summed E-state index contributed by atoms with van der Waals surface area (Å²) in [4.78, 5) is 26.1. The summed E-state index contributed by atoms with van der Waals surface area (Å²) < 4.78 is 10.9. The van der Waals surface area contributed by atoms with Crippen LogP contribution in [0.1, 0.15) is 0 Å². The fourth-order valence-corrected chi connectivity index (χ4v) is 4.40. The van der Waals surface area contributed by atoms with Crippen LogP contribution in [0, 0.1) is 0 Å². The van der Waals surface area contributed by atoms with Crippen LogP contribution in [0.15, 0.2) is 73.1 Å². The average molecular weight is 470 g/mol. The molecule has 8 heteroatoms. The molecule has 4 aromatic rings. The number of rotatable bonds is 5. The smallest absolute Gasteiger partial charge is 0.321 e. The van der Waals surface area contributed by atoms with Crippen molar-refractivity contribution in [3.63, 3.8) is 0 Å². The van der Waals surface area contributed by atoms with Crippen molar-refractivity contribution in [3.05, 3.63) is 73.1 Å². The first-order valence-electron chi connectivity index (χ1n) is 11.5. The topological polar surface area (TPSA) is 79.8 Å². The summed E-state index contributed by atoms with van der Waals surface area (Å²) in [5, 5.41) is 3.99. The van der Waals surface area contributed by atoms with Crippen LogP contribution in [0.2, 0.25) is 0 Å². The minimum Gasteiger partial charge on any atom is -0.493 e. The van der Waals surface area contributed by atoms with Gasteiger partial charge in [0.05, 0.1) is 25.4 Å². The second kappa shape index (κ2) is 9.89. The van der Waals surface area contributed by atoms with E-state index in [0.29, 0.717) is 37.7 Å². The number of anilines is 2. The van der Waals surface area contributed by atoms with Gasteiger partial charge in [-0.05, 0) is 17.7 Å². The Hall–Kier alpha value is -4.33. The first-order valence-corrected chi connectivity index (χ1v) is 11.5. The van der Waals surface area contributed by atoms with Gasteiger partial charge >= 0.3 is 6.03 Å².